The molecule has 0 unspecified atom stereocenters. The molecule has 7 heteroatoms. The van der Waals surface area contributed by atoms with E-state index in [4.69, 9.17) is 4.74 Å². The predicted molar refractivity (Wildman–Crippen MR) is 116 cm³/mol. The first-order valence-electron chi connectivity index (χ1n) is 9.88. The van der Waals surface area contributed by atoms with E-state index < -0.39 is 23.2 Å². The van der Waals surface area contributed by atoms with Gasteiger partial charge in [-0.25, -0.2) is 4.39 Å². The Morgan fingerprint density at radius 1 is 1.13 bits per heavy atom. The molecule has 2 aromatic rings. The van der Waals surface area contributed by atoms with E-state index in [1.165, 1.54) is 7.05 Å². The van der Waals surface area contributed by atoms with E-state index in [2.05, 4.69) is 38.0 Å². The number of anilines is 1. The minimum atomic E-state index is -4.67. The van der Waals surface area contributed by atoms with E-state index in [1.807, 2.05) is 24.3 Å². The predicted octanol–water partition coefficient (Wildman–Crippen LogP) is 6.26. The van der Waals surface area contributed by atoms with Gasteiger partial charge in [-0.05, 0) is 40.8 Å². The third-order valence-electron chi connectivity index (χ3n) is 5.19. The second-order valence-corrected chi connectivity index (χ2v) is 8.54. The summed E-state index contributed by atoms with van der Waals surface area (Å²) >= 11 is 0. The van der Waals surface area contributed by atoms with Crippen LogP contribution >= 0.6 is 0 Å². The first kappa shape index (κ1) is 22.7. The quantitative estimate of drug-likeness (QED) is 0.545. The molecule has 0 spiro atoms. The SMILES string of the molecule is C=C(NCc1cc(F)c(NC)c(C(F)(F)F)c1)C1=Cc2ccc(C(C)(C)C)cc2OC1. The molecule has 0 bridgehead atoms. The Bertz CT molecular complexity index is 1030. The van der Waals surface area contributed by atoms with Gasteiger partial charge in [0.05, 0.1) is 11.3 Å². The summed E-state index contributed by atoms with van der Waals surface area (Å²) in [5.41, 5.74) is 1.91. The van der Waals surface area contributed by atoms with Crippen LogP contribution in [0.4, 0.5) is 23.2 Å². The van der Waals surface area contributed by atoms with Gasteiger partial charge in [0.2, 0.25) is 0 Å². The summed E-state index contributed by atoms with van der Waals surface area (Å²) < 4.78 is 59.8. The molecule has 1 aliphatic heterocycles. The molecule has 0 aliphatic carbocycles. The van der Waals surface area contributed by atoms with Gasteiger partial charge in [-0.15, -0.1) is 0 Å². The second kappa shape index (κ2) is 8.29. The molecule has 0 aromatic heterocycles. The highest BCUT2D eigenvalue weighted by molar-refractivity contribution is 5.66. The lowest BCUT2D eigenvalue weighted by atomic mass is 9.86. The zero-order valence-electron chi connectivity index (χ0n) is 18.0. The van der Waals surface area contributed by atoms with Gasteiger partial charge >= 0.3 is 6.18 Å². The summed E-state index contributed by atoms with van der Waals surface area (Å²) in [6.45, 7) is 10.6. The average Bonchev–Trinajstić information content (AvgIpc) is 2.69. The molecule has 166 valence electrons. The van der Waals surface area contributed by atoms with Crippen LogP contribution in [0, 0.1) is 5.82 Å². The van der Waals surface area contributed by atoms with Gasteiger partial charge in [0.1, 0.15) is 18.2 Å². The van der Waals surface area contributed by atoms with E-state index in [0.29, 0.717) is 5.70 Å². The normalized spacial score (nSPS) is 13.7. The highest BCUT2D eigenvalue weighted by Gasteiger charge is 2.35. The van der Waals surface area contributed by atoms with Crippen molar-refractivity contribution in [3.8, 4) is 5.75 Å². The van der Waals surface area contributed by atoms with Gasteiger partial charge in [0.15, 0.2) is 0 Å². The van der Waals surface area contributed by atoms with Crippen LogP contribution in [-0.4, -0.2) is 13.7 Å². The van der Waals surface area contributed by atoms with Crippen molar-refractivity contribution in [2.45, 2.75) is 38.9 Å². The second-order valence-electron chi connectivity index (χ2n) is 8.54. The molecule has 1 heterocycles. The summed E-state index contributed by atoms with van der Waals surface area (Å²) in [6.07, 6.45) is -2.73. The van der Waals surface area contributed by atoms with Crippen LogP contribution in [0.5, 0.6) is 5.75 Å². The van der Waals surface area contributed by atoms with Crippen LogP contribution in [0.15, 0.2) is 48.2 Å². The summed E-state index contributed by atoms with van der Waals surface area (Å²) in [6, 6.07) is 8.05. The van der Waals surface area contributed by atoms with Gasteiger partial charge in [0, 0.05) is 30.4 Å². The van der Waals surface area contributed by atoms with Gasteiger partial charge in [-0.2, -0.15) is 13.2 Å². The summed E-state index contributed by atoms with van der Waals surface area (Å²) in [5, 5.41) is 5.26. The minimum Gasteiger partial charge on any atom is -0.488 e. The van der Waals surface area contributed by atoms with Crippen molar-refractivity contribution in [3.63, 3.8) is 0 Å². The molecule has 0 amide bonds. The molecule has 3 nitrogen and oxygen atoms in total. The smallest absolute Gasteiger partial charge is 0.418 e. The van der Waals surface area contributed by atoms with Crippen LogP contribution in [0.25, 0.3) is 6.08 Å². The Morgan fingerprint density at radius 3 is 2.45 bits per heavy atom. The summed E-state index contributed by atoms with van der Waals surface area (Å²) in [5.74, 6) is -0.174. The van der Waals surface area contributed by atoms with Gasteiger partial charge in [-0.1, -0.05) is 39.5 Å². The summed E-state index contributed by atoms with van der Waals surface area (Å²) in [7, 11) is 1.26. The van der Waals surface area contributed by atoms with Crippen molar-refractivity contribution < 1.29 is 22.3 Å². The maximum absolute atomic E-state index is 14.2. The van der Waals surface area contributed by atoms with Crippen molar-refractivity contribution >= 4 is 11.8 Å². The third kappa shape index (κ3) is 5.03. The Labute approximate surface area is 179 Å². The van der Waals surface area contributed by atoms with Crippen molar-refractivity contribution in [1.29, 1.82) is 0 Å². The fourth-order valence-corrected chi connectivity index (χ4v) is 3.37. The molecule has 0 saturated carbocycles. The van der Waals surface area contributed by atoms with Crippen molar-refractivity contribution in [2.75, 3.05) is 19.0 Å². The van der Waals surface area contributed by atoms with Crippen LogP contribution in [0.1, 0.15) is 43.0 Å². The van der Waals surface area contributed by atoms with Crippen molar-refractivity contribution in [2.24, 2.45) is 0 Å². The monoisotopic (exact) mass is 434 g/mol. The fraction of sp³-hybridized carbons (Fsp3) is 0.333. The lowest BCUT2D eigenvalue weighted by Gasteiger charge is -2.24. The minimum absolute atomic E-state index is 0.000914. The lowest BCUT2D eigenvalue weighted by molar-refractivity contribution is -0.137. The van der Waals surface area contributed by atoms with Crippen LogP contribution in [0.3, 0.4) is 0 Å². The Kier molecular flexibility index (Phi) is 6.07. The largest absolute Gasteiger partial charge is 0.488 e. The third-order valence-corrected chi connectivity index (χ3v) is 5.19. The Morgan fingerprint density at radius 2 is 1.84 bits per heavy atom. The molecule has 0 atom stereocenters. The number of ether oxygens (including phenoxy) is 1. The molecular formula is C24H26F4N2O. The highest BCUT2D eigenvalue weighted by atomic mass is 19.4. The first-order chi connectivity index (χ1) is 14.4. The van der Waals surface area contributed by atoms with E-state index in [-0.39, 0.29) is 24.1 Å². The summed E-state index contributed by atoms with van der Waals surface area (Å²) in [4.78, 5) is 0. The average molecular weight is 434 g/mol. The molecule has 31 heavy (non-hydrogen) atoms. The number of halogens is 4. The van der Waals surface area contributed by atoms with Gasteiger partial charge in [-0.3, -0.25) is 0 Å². The number of hydrogen-bond donors (Lipinski definition) is 2. The van der Waals surface area contributed by atoms with Crippen molar-refractivity contribution in [1.82, 2.24) is 5.32 Å². The number of nitrogens with one attached hydrogen (secondary N) is 2. The van der Waals surface area contributed by atoms with Crippen molar-refractivity contribution in [3.05, 3.63) is 76.3 Å². The van der Waals surface area contributed by atoms with Crippen LogP contribution in [0.2, 0.25) is 0 Å². The molecule has 2 N–H and O–H groups in total. The standard InChI is InChI=1S/C24H26F4N2O/c1-14(17-10-16-6-7-18(23(2,3)4)11-21(16)31-13-17)30-12-15-8-19(24(26,27)28)22(29-5)20(25)9-15/h6-11,29-30H,1,12-13H2,2-5H3. The molecule has 0 radical (unpaired) electrons. The van der Waals surface area contributed by atoms with Crippen LogP contribution in [-0.2, 0) is 18.1 Å². The number of hydrogen-bond acceptors (Lipinski definition) is 3. The Hall–Kier alpha value is -2.96. The molecule has 2 aromatic carbocycles. The molecule has 0 fully saturated rings. The number of rotatable bonds is 5. The molecule has 3 rings (SSSR count). The van der Waals surface area contributed by atoms with E-state index in [9.17, 15) is 17.6 Å². The Balaban J connectivity index is 1.76. The van der Waals surface area contributed by atoms with E-state index in [0.717, 1.165) is 34.6 Å². The number of benzene rings is 2. The molecule has 0 saturated heterocycles. The van der Waals surface area contributed by atoms with Gasteiger partial charge < -0.3 is 15.4 Å². The fourth-order valence-electron chi connectivity index (χ4n) is 3.37. The first-order valence-corrected chi connectivity index (χ1v) is 9.88. The van der Waals surface area contributed by atoms with Gasteiger partial charge in [0.25, 0.3) is 0 Å². The highest BCUT2D eigenvalue weighted by Crippen LogP contribution is 2.37. The maximum atomic E-state index is 14.2. The zero-order valence-corrected chi connectivity index (χ0v) is 18.0. The van der Waals surface area contributed by atoms with Crippen LogP contribution < -0.4 is 15.4 Å². The molecule has 1 aliphatic rings. The maximum Gasteiger partial charge on any atom is 0.418 e. The topological polar surface area (TPSA) is 33.3 Å². The van der Waals surface area contributed by atoms with E-state index >= 15 is 0 Å². The number of alkyl halides is 3. The number of fused-ring (bicyclic) bond motifs is 1. The zero-order chi connectivity index (χ0) is 23.0. The van der Waals surface area contributed by atoms with E-state index in [1.54, 1.807) is 0 Å². The lowest BCUT2D eigenvalue weighted by Crippen LogP contribution is -2.20. The molecular weight excluding hydrogens is 408 g/mol.